The van der Waals surface area contributed by atoms with E-state index in [0.717, 1.165) is 30.9 Å². The van der Waals surface area contributed by atoms with Crippen LogP contribution in [0.1, 0.15) is 12.0 Å². The molecule has 1 saturated heterocycles. The molecule has 0 aromatic heterocycles. The van der Waals surface area contributed by atoms with Gasteiger partial charge in [-0.2, -0.15) is 0 Å². The van der Waals surface area contributed by atoms with Crippen LogP contribution >= 0.6 is 0 Å². The molecule has 1 N–H and O–H groups in total. The fourth-order valence-corrected chi connectivity index (χ4v) is 6.18. The summed E-state index contributed by atoms with van der Waals surface area (Å²) in [7, 11) is 3.67. The molecule has 6 atom stereocenters. The van der Waals surface area contributed by atoms with Crippen LogP contribution in [0, 0.1) is 10.8 Å². The lowest BCUT2D eigenvalue weighted by Gasteiger charge is -2.54. The normalized spacial score (nSPS) is 40.0. The number of ether oxygens (including phenoxy) is 1. The quantitative estimate of drug-likeness (QED) is 0.501. The number of rotatable bonds is 3. The van der Waals surface area contributed by atoms with Crippen LogP contribution in [0.2, 0.25) is 0 Å². The first-order chi connectivity index (χ1) is 12.6. The predicted molar refractivity (Wildman–Crippen MR) is 96.1 cm³/mol. The van der Waals surface area contributed by atoms with Crippen LogP contribution in [-0.2, 0) is 10.3 Å². The van der Waals surface area contributed by atoms with Gasteiger partial charge in [-0.1, -0.05) is 18.2 Å². The van der Waals surface area contributed by atoms with E-state index in [1.807, 2.05) is 19.2 Å². The Labute approximate surface area is 152 Å². The molecular formula is C19H23N3O4. The molecule has 1 aromatic carbocycles. The molecule has 26 heavy (non-hydrogen) atoms. The van der Waals surface area contributed by atoms with Gasteiger partial charge >= 0.3 is 0 Å². The van der Waals surface area contributed by atoms with E-state index in [1.54, 1.807) is 7.11 Å². The Kier molecular flexibility index (Phi) is 3.36. The minimum Gasteiger partial charge on any atom is -0.497 e. The molecule has 7 nitrogen and oxygen atoms in total. The molecular weight excluding hydrogens is 334 g/mol. The number of aliphatic hydroxyl groups excluding tert-OH is 1. The second-order valence-electron chi connectivity index (χ2n) is 7.81. The predicted octanol–water partition coefficient (Wildman–Crippen LogP) is 1.45. The molecule has 0 bridgehead atoms. The third-order valence-electron chi connectivity index (χ3n) is 7.03. The van der Waals surface area contributed by atoms with E-state index in [9.17, 15) is 10.0 Å². The second-order valence-corrected chi connectivity index (χ2v) is 7.81. The maximum atomic E-state index is 11.0. The van der Waals surface area contributed by atoms with E-state index in [-0.39, 0.29) is 23.4 Å². The Morgan fingerprint density at radius 1 is 1.35 bits per heavy atom. The number of aliphatic hydroxyl groups is 1. The molecule has 4 aliphatic rings. The summed E-state index contributed by atoms with van der Waals surface area (Å²) in [5.41, 5.74) is 2.14. The highest BCUT2D eigenvalue weighted by atomic mass is 16.7. The minimum absolute atomic E-state index is 0.0734. The smallest absolute Gasteiger partial charge is 0.178 e. The topological polar surface area (TPSA) is 74.6 Å². The summed E-state index contributed by atoms with van der Waals surface area (Å²) < 4.78 is 5.42. The van der Waals surface area contributed by atoms with Gasteiger partial charge in [0, 0.05) is 42.7 Å². The molecule has 1 aromatic rings. The van der Waals surface area contributed by atoms with Crippen LogP contribution < -0.4 is 9.64 Å². The van der Waals surface area contributed by atoms with Gasteiger partial charge in [0.15, 0.2) is 11.4 Å². The van der Waals surface area contributed by atoms with Crippen molar-refractivity contribution < 1.29 is 14.7 Å². The molecule has 2 fully saturated rings. The van der Waals surface area contributed by atoms with E-state index in [0.29, 0.717) is 0 Å². The lowest BCUT2D eigenvalue weighted by molar-refractivity contribution is -0.122. The number of likely N-dealkylation sites (N-methyl/N-ethyl adjacent to an activating group) is 1. The van der Waals surface area contributed by atoms with Crippen LogP contribution in [0.3, 0.4) is 0 Å². The Hall–Kier alpha value is -2.12. The summed E-state index contributed by atoms with van der Waals surface area (Å²) >= 11 is 0. The standard InChI is InChI=1S/C19H23N3O4/c1-21-14-10-11(25-2)5-6-13(14)19-7-9-22-8-3-4-12(17(19)22)15(23)16(18(19)21)26-20-24/h3-6,10,12,15-18,23H,7-9H2,1-2H3. The van der Waals surface area contributed by atoms with Gasteiger partial charge in [-0.25, -0.2) is 0 Å². The Morgan fingerprint density at radius 3 is 2.96 bits per heavy atom. The average molecular weight is 357 g/mol. The van der Waals surface area contributed by atoms with Crippen molar-refractivity contribution in [2.75, 3.05) is 32.1 Å². The summed E-state index contributed by atoms with van der Waals surface area (Å²) in [6.45, 7) is 1.87. The minimum atomic E-state index is -0.772. The molecule has 0 amide bonds. The first kappa shape index (κ1) is 16.1. The number of fused-ring (bicyclic) bond motifs is 1. The van der Waals surface area contributed by atoms with Gasteiger partial charge in [0.25, 0.3) is 0 Å². The van der Waals surface area contributed by atoms with Crippen molar-refractivity contribution in [3.05, 3.63) is 40.8 Å². The van der Waals surface area contributed by atoms with Gasteiger partial charge in [-0.15, -0.1) is 4.91 Å². The van der Waals surface area contributed by atoms with Gasteiger partial charge in [-0.3, -0.25) is 4.90 Å². The van der Waals surface area contributed by atoms with Crippen molar-refractivity contribution in [1.82, 2.24) is 4.90 Å². The molecule has 1 saturated carbocycles. The van der Waals surface area contributed by atoms with Crippen LogP contribution in [0.25, 0.3) is 0 Å². The van der Waals surface area contributed by atoms with Crippen molar-refractivity contribution in [3.8, 4) is 5.75 Å². The Morgan fingerprint density at radius 2 is 2.19 bits per heavy atom. The van der Waals surface area contributed by atoms with Crippen LogP contribution in [0.5, 0.6) is 5.75 Å². The number of hydrogen-bond donors (Lipinski definition) is 1. The zero-order valence-corrected chi connectivity index (χ0v) is 14.9. The highest BCUT2D eigenvalue weighted by Crippen LogP contribution is 2.60. The summed E-state index contributed by atoms with van der Waals surface area (Å²) in [6, 6.07) is 6.23. The first-order valence-electron chi connectivity index (χ1n) is 9.12. The molecule has 138 valence electrons. The molecule has 0 radical (unpaired) electrons. The fraction of sp³-hybridized carbons (Fsp3) is 0.579. The first-order valence-corrected chi connectivity index (χ1v) is 9.12. The third-order valence-corrected chi connectivity index (χ3v) is 7.03. The number of hydrogen-bond acceptors (Lipinski definition) is 7. The SMILES string of the molecule is COc1ccc2c(c1)N(C)C1C(ON=O)C(O)C3C=CCN4CCC21C34. The van der Waals surface area contributed by atoms with Crippen molar-refractivity contribution in [1.29, 1.82) is 0 Å². The Bertz CT molecular complexity index is 784. The monoisotopic (exact) mass is 357 g/mol. The van der Waals surface area contributed by atoms with E-state index in [2.05, 4.69) is 33.4 Å². The zero-order valence-electron chi connectivity index (χ0n) is 14.9. The van der Waals surface area contributed by atoms with E-state index >= 15 is 0 Å². The summed E-state index contributed by atoms with van der Waals surface area (Å²) in [4.78, 5) is 20.9. The van der Waals surface area contributed by atoms with Crippen molar-refractivity contribution >= 4 is 5.69 Å². The molecule has 3 aliphatic heterocycles. The second kappa shape index (κ2) is 5.44. The third kappa shape index (κ3) is 1.75. The van der Waals surface area contributed by atoms with Crippen LogP contribution in [0.4, 0.5) is 5.69 Å². The van der Waals surface area contributed by atoms with Gasteiger partial charge in [0.05, 0.1) is 13.2 Å². The summed E-state index contributed by atoms with van der Waals surface area (Å²) in [5, 5.41) is 13.8. The Balaban J connectivity index is 1.74. The molecule has 3 heterocycles. The molecule has 7 heteroatoms. The van der Waals surface area contributed by atoms with Crippen LogP contribution in [0.15, 0.2) is 35.7 Å². The lowest BCUT2D eigenvalue weighted by atomic mass is 9.58. The van der Waals surface area contributed by atoms with Gasteiger partial charge in [0.2, 0.25) is 0 Å². The molecule has 1 aliphatic carbocycles. The maximum Gasteiger partial charge on any atom is 0.178 e. The van der Waals surface area contributed by atoms with Gasteiger partial charge in [-0.05, 0) is 24.6 Å². The van der Waals surface area contributed by atoms with Crippen molar-refractivity contribution in [3.63, 3.8) is 0 Å². The van der Waals surface area contributed by atoms with E-state index in [1.165, 1.54) is 5.56 Å². The maximum absolute atomic E-state index is 11.0. The lowest BCUT2D eigenvalue weighted by Crippen LogP contribution is -2.69. The molecule has 1 spiro atoms. The van der Waals surface area contributed by atoms with E-state index < -0.39 is 12.2 Å². The summed E-state index contributed by atoms with van der Waals surface area (Å²) in [5.74, 6) is 0.725. The van der Waals surface area contributed by atoms with Gasteiger partial charge < -0.3 is 19.6 Å². The van der Waals surface area contributed by atoms with Gasteiger partial charge in [0.1, 0.15) is 11.9 Å². The number of nitrogens with zero attached hydrogens (tertiary/aromatic N) is 3. The van der Waals surface area contributed by atoms with Crippen molar-refractivity contribution in [2.24, 2.45) is 11.3 Å². The molecule has 5 rings (SSSR count). The summed E-state index contributed by atoms with van der Waals surface area (Å²) in [6.07, 6.45) is 3.74. The van der Waals surface area contributed by atoms with Crippen LogP contribution in [-0.4, -0.2) is 61.5 Å². The highest BCUT2D eigenvalue weighted by molar-refractivity contribution is 5.69. The number of methoxy groups -OCH3 is 1. The average Bonchev–Trinajstić information content (AvgIpc) is 3.17. The van der Waals surface area contributed by atoms with Crippen molar-refractivity contribution in [2.45, 2.75) is 36.1 Å². The number of anilines is 1. The van der Waals surface area contributed by atoms with E-state index in [4.69, 9.17) is 9.57 Å². The number of benzene rings is 1. The highest BCUT2D eigenvalue weighted by Gasteiger charge is 2.69. The molecule has 6 unspecified atom stereocenters. The largest absolute Gasteiger partial charge is 0.497 e. The fourth-order valence-electron chi connectivity index (χ4n) is 6.18. The zero-order chi connectivity index (χ0) is 18.1.